The van der Waals surface area contributed by atoms with Gasteiger partial charge in [0.2, 0.25) is 0 Å². The fourth-order valence-corrected chi connectivity index (χ4v) is 2.46. The van der Waals surface area contributed by atoms with Gasteiger partial charge in [-0.05, 0) is 37.6 Å². The smallest absolute Gasteiger partial charge is 0.270 e. The van der Waals surface area contributed by atoms with Crippen molar-refractivity contribution in [3.63, 3.8) is 0 Å². The molecule has 1 atom stereocenters. The number of aromatic nitrogens is 1. The summed E-state index contributed by atoms with van der Waals surface area (Å²) in [6.07, 6.45) is 3.85. The molecule has 3 rings (SSSR count). The molecule has 0 saturated carbocycles. The van der Waals surface area contributed by atoms with Gasteiger partial charge >= 0.3 is 0 Å². The molecule has 1 aliphatic heterocycles. The Morgan fingerprint density at radius 1 is 1.27 bits per heavy atom. The highest BCUT2D eigenvalue weighted by Gasteiger charge is 2.16. The molecule has 1 aromatic heterocycles. The Hall–Kier alpha value is -2.40. The Balaban J connectivity index is 1.61. The minimum Gasteiger partial charge on any atom is -0.457 e. The van der Waals surface area contributed by atoms with Gasteiger partial charge in [0.05, 0.1) is 0 Å². The number of carbonyl (C=O) groups excluding carboxylic acids is 1. The van der Waals surface area contributed by atoms with E-state index in [9.17, 15) is 4.79 Å². The standard InChI is InChI=1S/C17H19N3O2/c21-17(20-12-13-5-4-9-18-13)16-11-15(8-10-19-16)22-14-6-2-1-3-7-14/h1-3,6-8,10-11,13,18H,4-5,9,12H2,(H,20,21). The molecule has 2 N–H and O–H groups in total. The van der Waals surface area contributed by atoms with Gasteiger partial charge in [0, 0.05) is 24.8 Å². The molecule has 0 bridgehead atoms. The van der Waals surface area contributed by atoms with Crippen LogP contribution in [0.25, 0.3) is 0 Å². The van der Waals surface area contributed by atoms with Gasteiger partial charge in [0.1, 0.15) is 17.2 Å². The van der Waals surface area contributed by atoms with Gasteiger partial charge in [0.25, 0.3) is 5.91 Å². The fraction of sp³-hybridized carbons (Fsp3) is 0.294. The quantitative estimate of drug-likeness (QED) is 0.889. The molecule has 2 aromatic rings. The molecular weight excluding hydrogens is 278 g/mol. The van der Waals surface area contributed by atoms with Crippen molar-refractivity contribution in [3.05, 3.63) is 54.4 Å². The normalized spacial score (nSPS) is 17.2. The second kappa shape index (κ2) is 7.04. The lowest BCUT2D eigenvalue weighted by atomic mass is 10.2. The van der Waals surface area contributed by atoms with Crippen LogP contribution < -0.4 is 15.4 Å². The number of rotatable bonds is 5. The zero-order chi connectivity index (χ0) is 15.2. The van der Waals surface area contributed by atoms with Crippen LogP contribution >= 0.6 is 0 Å². The summed E-state index contributed by atoms with van der Waals surface area (Å²) in [6.45, 7) is 1.66. The predicted octanol–water partition coefficient (Wildman–Crippen LogP) is 2.36. The fourth-order valence-electron chi connectivity index (χ4n) is 2.46. The van der Waals surface area contributed by atoms with Crippen molar-refractivity contribution in [2.45, 2.75) is 18.9 Å². The van der Waals surface area contributed by atoms with Crippen LogP contribution in [0.1, 0.15) is 23.3 Å². The maximum absolute atomic E-state index is 12.1. The van der Waals surface area contributed by atoms with Crippen LogP contribution in [0.4, 0.5) is 0 Å². The van der Waals surface area contributed by atoms with Gasteiger partial charge < -0.3 is 15.4 Å². The highest BCUT2D eigenvalue weighted by Crippen LogP contribution is 2.20. The Morgan fingerprint density at radius 3 is 2.91 bits per heavy atom. The van der Waals surface area contributed by atoms with E-state index in [1.807, 2.05) is 30.3 Å². The maximum atomic E-state index is 12.1. The molecule has 22 heavy (non-hydrogen) atoms. The molecule has 1 aliphatic rings. The molecule has 0 aliphatic carbocycles. The second-order valence-electron chi connectivity index (χ2n) is 5.30. The minimum atomic E-state index is -0.174. The second-order valence-corrected chi connectivity index (χ2v) is 5.30. The van der Waals surface area contributed by atoms with Gasteiger partial charge in [-0.2, -0.15) is 0 Å². The highest BCUT2D eigenvalue weighted by molar-refractivity contribution is 5.92. The molecule has 1 amide bonds. The third-order valence-corrected chi connectivity index (χ3v) is 3.61. The lowest BCUT2D eigenvalue weighted by molar-refractivity contribution is 0.0945. The molecule has 1 unspecified atom stereocenters. The first kappa shape index (κ1) is 14.5. The first-order valence-corrected chi connectivity index (χ1v) is 7.52. The molecule has 2 heterocycles. The van der Waals surface area contributed by atoms with E-state index in [1.165, 1.54) is 6.42 Å². The van der Waals surface area contributed by atoms with Crippen molar-refractivity contribution < 1.29 is 9.53 Å². The van der Waals surface area contributed by atoms with Gasteiger partial charge in [-0.3, -0.25) is 9.78 Å². The van der Waals surface area contributed by atoms with Crippen LogP contribution in [0.3, 0.4) is 0 Å². The van der Waals surface area contributed by atoms with Crippen LogP contribution in [-0.2, 0) is 0 Å². The number of hydrogen-bond donors (Lipinski definition) is 2. The van der Waals surface area contributed by atoms with Crippen LogP contribution in [0.2, 0.25) is 0 Å². The summed E-state index contributed by atoms with van der Waals surface area (Å²) in [7, 11) is 0. The first-order chi connectivity index (χ1) is 10.8. The van der Waals surface area contributed by atoms with Crippen molar-refractivity contribution in [2.24, 2.45) is 0 Å². The Morgan fingerprint density at radius 2 is 2.14 bits per heavy atom. The molecule has 0 radical (unpaired) electrons. The first-order valence-electron chi connectivity index (χ1n) is 7.52. The van der Waals surface area contributed by atoms with Crippen LogP contribution in [0.15, 0.2) is 48.7 Å². The molecule has 1 saturated heterocycles. The van der Waals surface area contributed by atoms with Gasteiger partial charge in [-0.15, -0.1) is 0 Å². The van der Waals surface area contributed by atoms with E-state index >= 15 is 0 Å². The van der Waals surface area contributed by atoms with Crippen LogP contribution in [0, 0.1) is 0 Å². The summed E-state index contributed by atoms with van der Waals surface area (Å²) in [5, 5.41) is 6.26. The average molecular weight is 297 g/mol. The van der Waals surface area contributed by atoms with Crippen LogP contribution in [-0.4, -0.2) is 30.0 Å². The topological polar surface area (TPSA) is 63.2 Å². The number of para-hydroxylation sites is 1. The number of carbonyl (C=O) groups is 1. The van der Waals surface area contributed by atoms with E-state index in [2.05, 4.69) is 15.6 Å². The summed E-state index contributed by atoms with van der Waals surface area (Å²) in [5.41, 5.74) is 0.367. The number of pyridine rings is 1. The third-order valence-electron chi connectivity index (χ3n) is 3.61. The number of amides is 1. The van der Waals surface area contributed by atoms with Gasteiger partial charge in [-0.1, -0.05) is 18.2 Å². The molecule has 5 heteroatoms. The zero-order valence-electron chi connectivity index (χ0n) is 12.3. The van der Waals surface area contributed by atoms with Crippen LogP contribution in [0.5, 0.6) is 11.5 Å². The minimum absolute atomic E-state index is 0.174. The van der Waals surface area contributed by atoms with Crippen molar-refractivity contribution in [3.8, 4) is 11.5 Å². The number of hydrogen-bond acceptors (Lipinski definition) is 4. The van der Waals surface area contributed by atoms with E-state index in [1.54, 1.807) is 18.3 Å². The average Bonchev–Trinajstić information content (AvgIpc) is 3.07. The predicted molar refractivity (Wildman–Crippen MR) is 84.1 cm³/mol. The number of ether oxygens (including phenoxy) is 1. The molecule has 5 nitrogen and oxygen atoms in total. The van der Waals surface area contributed by atoms with E-state index in [0.29, 0.717) is 24.0 Å². The largest absolute Gasteiger partial charge is 0.457 e. The number of nitrogens with one attached hydrogen (secondary N) is 2. The van der Waals surface area contributed by atoms with E-state index in [4.69, 9.17) is 4.74 Å². The maximum Gasteiger partial charge on any atom is 0.270 e. The summed E-state index contributed by atoms with van der Waals surface area (Å²) in [5.74, 6) is 1.16. The van der Waals surface area contributed by atoms with Crippen molar-refractivity contribution in [1.82, 2.24) is 15.6 Å². The van der Waals surface area contributed by atoms with Gasteiger partial charge in [-0.25, -0.2) is 0 Å². The summed E-state index contributed by atoms with van der Waals surface area (Å²) in [4.78, 5) is 16.3. The Kier molecular flexibility index (Phi) is 4.65. The summed E-state index contributed by atoms with van der Waals surface area (Å²) < 4.78 is 5.71. The van der Waals surface area contributed by atoms with Crippen molar-refractivity contribution in [1.29, 1.82) is 0 Å². The molecule has 1 fully saturated rings. The summed E-state index contributed by atoms with van der Waals surface area (Å²) in [6, 6.07) is 13.2. The molecule has 1 aromatic carbocycles. The van der Waals surface area contributed by atoms with Gasteiger partial charge in [0.15, 0.2) is 0 Å². The monoisotopic (exact) mass is 297 g/mol. The Bertz CT molecular complexity index is 625. The highest BCUT2D eigenvalue weighted by atomic mass is 16.5. The lowest BCUT2D eigenvalue weighted by Gasteiger charge is -2.11. The number of benzene rings is 1. The number of nitrogens with zero attached hydrogens (tertiary/aromatic N) is 1. The SMILES string of the molecule is O=C(NCC1CCCN1)c1cc(Oc2ccccc2)ccn1. The van der Waals surface area contributed by atoms with E-state index in [0.717, 1.165) is 18.7 Å². The molecular formula is C17H19N3O2. The lowest BCUT2D eigenvalue weighted by Crippen LogP contribution is -2.37. The van der Waals surface area contributed by atoms with Crippen molar-refractivity contribution in [2.75, 3.05) is 13.1 Å². The Labute approximate surface area is 129 Å². The molecule has 114 valence electrons. The van der Waals surface area contributed by atoms with Crippen molar-refractivity contribution >= 4 is 5.91 Å². The molecule has 0 spiro atoms. The zero-order valence-corrected chi connectivity index (χ0v) is 12.3. The van der Waals surface area contributed by atoms with E-state index < -0.39 is 0 Å². The van der Waals surface area contributed by atoms with E-state index in [-0.39, 0.29) is 5.91 Å². The third kappa shape index (κ3) is 3.83. The summed E-state index contributed by atoms with van der Waals surface area (Å²) >= 11 is 0.